The van der Waals surface area contributed by atoms with Crippen molar-refractivity contribution in [1.29, 1.82) is 0 Å². The highest BCUT2D eigenvalue weighted by Crippen LogP contribution is 2.23. The van der Waals surface area contributed by atoms with Gasteiger partial charge in [0.2, 0.25) is 0 Å². The molecule has 176 valence electrons. The van der Waals surface area contributed by atoms with Crippen LogP contribution in [0.3, 0.4) is 0 Å². The van der Waals surface area contributed by atoms with Crippen LogP contribution >= 0.6 is 0 Å². The second-order valence-electron chi connectivity index (χ2n) is 7.73. The summed E-state index contributed by atoms with van der Waals surface area (Å²) in [5.41, 5.74) is -1.39. The zero-order chi connectivity index (χ0) is 24.8. The maximum absolute atomic E-state index is 12.7. The lowest BCUT2D eigenvalue weighted by Gasteiger charge is -2.20. The van der Waals surface area contributed by atoms with Crippen LogP contribution in [0.4, 0.5) is 16.2 Å². The summed E-state index contributed by atoms with van der Waals surface area (Å²) in [4.78, 5) is 45.8. The summed E-state index contributed by atoms with van der Waals surface area (Å²) < 4.78 is 32.4. The Labute approximate surface area is 189 Å². The van der Waals surface area contributed by atoms with Crippen molar-refractivity contribution in [3.8, 4) is 0 Å². The van der Waals surface area contributed by atoms with Crippen molar-refractivity contribution in [2.24, 2.45) is 0 Å². The highest BCUT2D eigenvalue weighted by Gasteiger charge is 2.22. The van der Waals surface area contributed by atoms with Crippen LogP contribution in [0.5, 0.6) is 0 Å². The van der Waals surface area contributed by atoms with Gasteiger partial charge in [-0.05, 0) is 39.0 Å². The molecule has 0 radical (unpaired) electrons. The number of sulfonamides is 1. The quantitative estimate of drug-likeness (QED) is 0.308. The van der Waals surface area contributed by atoms with E-state index in [0.29, 0.717) is 0 Å². The standard InChI is InChI=1S/C20H22N4O8S/c1-20(2,3)22-19(27)21-17(25)12-32-18(26)15-9-4-5-10-16(15)23-33(30,31)14-8-6-7-13(11-14)24(28)29/h4-11,23H,12H2,1-3H3,(H2,21,22,25,27). The number of hydrogen-bond acceptors (Lipinski definition) is 8. The molecule has 33 heavy (non-hydrogen) atoms. The van der Waals surface area contributed by atoms with Crippen LogP contribution < -0.4 is 15.4 Å². The van der Waals surface area contributed by atoms with Gasteiger partial charge in [-0.2, -0.15) is 0 Å². The first kappa shape index (κ1) is 25.3. The van der Waals surface area contributed by atoms with Crippen molar-refractivity contribution in [2.75, 3.05) is 11.3 Å². The van der Waals surface area contributed by atoms with Gasteiger partial charge in [-0.3, -0.25) is 24.9 Å². The molecule has 0 atom stereocenters. The number of rotatable bonds is 7. The Hall–Kier alpha value is -4.00. The maximum Gasteiger partial charge on any atom is 0.340 e. The fraction of sp³-hybridized carbons (Fsp3) is 0.250. The summed E-state index contributed by atoms with van der Waals surface area (Å²) in [6, 6.07) is 9.04. The third kappa shape index (κ3) is 7.57. The first-order chi connectivity index (χ1) is 15.3. The van der Waals surface area contributed by atoms with Crippen molar-refractivity contribution < 1.29 is 32.5 Å². The van der Waals surface area contributed by atoms with E-state index in [2.05, 4.69) is 10.0 Å². The number of nitro groups is 1. The SMILES string of the molecule is CC(C)(C)NC(=O)NC(=O)COC(=O)c1ccccc1NS(=O)(=O)c1cccc([N+](=O)[O-])c1. The van der Waals surface area contributed by atoms with E-state index in [0.717, 1.165) is 18.2 Å². The van der Waals surface area contributed by atoms with Crippen molar-refractivity contribution in [3.63, 3.8) is 0 Å². The van der Waals surface area contributed by atoms with E-state index in [4.69, 9.17) is 4.74 Å². The van der Waals surface area contributed by atoms with E-state index < -0.39 is 50.7 Å². The van der Waals surface area contributed by atoms with Gasteiger partial charge in [-0.25, -0.2) is 18.0 Å². The monoisotopic (exact) mass is 478 g/mol. The van der Waals surface area contributed by atoms with E-state index in [9.17, 15) is 32.9 Å². The molecule has 3 amide bonds. The molecule has 13 heteroatoms. The number of urea groups is 1. The minimum atomic E-state index is -4.28. The first-order valence-corrected chi connectivity index (χ1v) is 10.9. The van der Waals surface area contributed by atoms with E-state index >= 15 is 0 Å². The van der Waals surface area contributed by atoms with Crippen LogP contribution in [-0.4, -0.2) is 43.4 Å². The van der Waals surface area contributed by atoms with Gasteiger partial charge in [0.15, 0.2) is 6.61 Å². The van der Waals surface area contributed by atoms with Crippen molar-refractivity contribution in [3.05, 3.63) is 64.2 Å². The fourth-order valence-corrected chi connectivity index (χ4v) is 3.58. The molecular weight excluding hydrogens is 456 g/mol. The Balaban J connectivity index is 2.11. The van der Waals surface area contributed by atoms with Crippen LogP contribution in [-0.2, 0) is 19.6 Å². The number of benzene rings is 2. The number of nitrogens with zero attached hydrogens (tertiary/aromatic N) is 1. The molecule has 0 aliphatic carbocycles. The zero-order valence-corrected chi connectivity index (χ0v) is 18.8. The number of anilines is 1. The van der Waals surface area contributed by atoms with E-state index in [1.807, 2.05) is 5.32 Å². The average Bonchev–Trinajstić information content (AvgIpc) is 2.70. The molecule has 0 aromatic heterocycles. The summed E-state index contributed by atoms with van der Waals surface area (Å²) in [5, 5.41) is 15.4. The molecule has 0 bridgehead atoms. The third-order valence-corrected chi connectivity index (χ3v) is 5.17. The van der Waals surface area contributed by atoms with E-state index in [1.54, 1.807) is 20.8 Å². The van der Waals surface area contributed by atoms with Gasteiger partial charge in [0, 0.05) is 17.7 Å². The van der Waals surface area contributed by atoms with Crippen molar-refractivity contribution in [1.82, 2.24) is 10.6 Å². The lowest BCUT2D eigenvalue weighted by atomic mass is 10.1. The predicted octanol–water partition coefficient (Wildman–Crippen LogP) is 2.18. The van der Waals surface area contributed by atoms with Gasteiger partial charge in [0.25, 0.3) is 21.6 Å². The van der Waals surface area contributed by atoms with Crippen LogP contribution in [0.15, 0.2) is 53.4 Å². The van der Waals surface area contributed by atoms with Gasteiger partial charge >= 0.3 is 12.0 Å². The fourth-order valence-electron chi connectivity index (χ4n) is 2.46. The molecule has 2 aromatic carbocycles. The molecule has 0 fully saturated rings. The number of carbonyl (C=O) groups is 3. The third-order valence-electron chi connectivity index (χ3n) is 3.81. The summed E-state index contributed by atoms with van der Waals surface area (Å²) in [5.74, 6) is -1.92. The number of imide groups is 1. The molecule has 12 nitrogen and oxygen atoms in total. The number of ether oxygens (including phenoxy) is 1. The molecule has 0 aliphatic heterocycles. The van der Waals surface area contributed by atoms with Crippen LogP contribution in [0, 0.1) is 10.1 Å². The van der Waals surface area contributed by atoms with Gasteiger partial charge < -0.3 is 10.1 Å². The second kappa shape index (κ2) is 10.1. The minimum absolute atomic E-state index is 0.167. The Kier molecular flexibility index (Phi) is 7.72. The number of amides is 3. The Morgan fingerprint density at radius 3 is 2.36 bits per heavy atom. The van der Waals surface area contributed by atoms with Gasteiger partial charge in [0.1, 0.15) is 0 Å². The summed E-state index contributed by atoms with van der Waals surface area (Å²) in [6.45, 7) is 4.34. The van der Waals surface area contributed by atoms with Gasteiger partial charge in [0.05, 0.1) is 21.1 Å². The largest absolute Gasteiger partial charge is 0.452 e. The molecule has 0 saturated carbocycles. The number of non-ortho nitro benzene ring substituents is 1. The second-order valence-corrected chi connectivity index (χ2v) is 9.42. The van der Waals surface area contributed by atoms with E-state index in [1.165, 1.54) is 30.3 Å². The van der Waals surface area contributed by atoms with Crippen molar-refractivity contribution >= 4 is 39.3 Å². The number of hydrogen-bond donors (Lipinski definition) is 3. The number of nitro benzene ring substituents is 1. The number of para-hydroxylation sites is 1. The van der Waals surface area contributed by atoms with Crippen molar-refractivity contribution in [2.45, 2.75) is 31.2 Å². The molecule has 3 N–H and O–H groups in total. The first-order valence-electron chi connectivity index (χ1n) is 9.44. The minimum Gasteiger partial charge on any atom is -0.452 e. The lowest BCUT2D eigenvalue weighted by molar-refractivity contribution is -0.385. The lowest BCUT2D eigenvalue weighted by Crippen LogP contribution is -2.49. The normalized spacial score (nSPS) is 11.2. The summed E-state index contributed by atoms with van der Waals surface area (Å²) in [6.07, 6.45) is 0. The molecule has 0 heterocycles. The Morgan fingerprint density at radius 2 is 1.73 bits per heavy atom. The highest BCUT2D eigenvalue weighted by molar-refractivity contribution is 7.92. The predicted molar refractivity (Wildman–Crippen MR) is 117 cm³/mol. The molecule has 0 unspecified atom stereocenters. The van der Waals surface area contributed by atoms with Crippen LogP contribution in [0.25, 0.3) is 0 Å². The Morgan fingerprint density at radius 1 is 1.06 bits per heavy atom. The van der Waals surface area contributed by atoms with Crippen LogP contribution in [0.2, 0.25) is 0 Å². The summed E-state index contributed by atoms with van der Waals surface area (Å²) >= 11 is 0. The topological polar surface area (TPSA) is 174 Å². The molecule has 2 rings (SSSR count). The molecule has 2 aromatic rings. The molecule has 0 spiro atoms. The number of nitrogens with one attached hydrogen (secondary N) is 3. The summed E-state index contributed by atoms with van der Waals surface area (Å²) in [7, 11) is -4.28. The number of esters is 1. The maximum atomic E-state index is 12.7. The number of carbonyl (C=O) groups excluding carboxylic acids is 3. The van der Waals surface area contributed by atoms with Crippen LogP contribution in [0.1, 0.15) is 31.1 Å². The zero-order valence-electron chi connectivity index (χ0n) is 17.9. The van der Waals surface area contributed by atoms with Gasteiger partial charge in [-0.1, -0.05) is 18.2 Å². The van der Waals surface area contributed by atoms with Gasteiger partial charge in [-0.15, -0.1) is 0 Å². The highest BCUT2D eigenvalue weighted by atomic mass is 32.2. The molecular formula is C20H22N4O8S. The molecule has 0 aliphatic rings. The average molecular weight is 478 g/mol. The molecule has 0 saturated heterocycles. The Bertz CT molecular complexity index is 1190. The van der Waals surface area contributed by atoms with E-state index in [-0.39, 0.29) is 16.1 Å². The smallest absolute Gasteiger partial charge is 0.340 e.